The second-order valence-corrected chi connectivity index (χ2v) is 9.38. The normalized spacial score (nSPS) is 17.2. The fourth-order valence-electron chi connectivity index (χ4n) is 4.53. The molecule has 0 bridgehead atoms. The number of carbonyl (C=O) groups excluding carboxylic acids is 1. The Kier molecular flexibility index (Phi) is 7.21. The number of halogens is 5. The number of ether oxygens (including phenoxy) is 2. The van der Waals surface area contributed by atoms with Crippen molar-refractivity contribution < 1.29 is 41.3 Å². The topological polar surface area (TPSA) is 126 Å². The van der Waals surface area contributed by atoms with Gasteiger partial charge >= 0.3 is 6.18 Å². The molecule has 1 amide bonds. The predicted molar refractivity (Wildman–Crippen MR) is 135 cm³/mol. The molecule has 214 valence electrons. The van der Waals surface area contributed by atoms with E-state index in [4.69, 9.17) is 9.47 Å². The number of benzene rings is 1. The summed E-state index contributed by atoms with van der Waals surface area (Å²) in [6.07, 6.45) is -4.01. The largest absolute Gasteiger partial charge is 0.438 e. The predicted octanol–water partition coefficient (Wildman–Crippen LogP) is 4.18. The number of carbonyl (C=O) groups is 1. The number of aliphatic hydroxyl groups excluding tert-OH is 1. The summed E-state index contributed by atoms with van der Waals surface area (Å²) in [5, 5.41) is 12.3. The number of nitrogens with zero attached hydrogens (tertiary/aromatic N) is 2. The Bertz CT molecular complexity index is 1740. The number of amides is 1. The molecule has 3 aromatic heterocycles. The maximum Gasteiger partial charge on any atom is 0.418 e. The molecule has 5 rings (SSSR count). The molecule has 1 aromatic carbocycles. The molecule has 0 radical (unpaired) electrons. The lowest BCUT2D eigenvalue weighted by Crippen LogP contribution is -2.43. The maximum absolute atomic E-state index is 14.2. The van der Waals surface area contributed by atoms with Gasteiger partial charge in [0, 0.05) is 24.0 Å². The molecule has 1 aliphatic rings. The van der Waals surface area contributed by atoms with E-state index in [0.717, 1.165) is 25.1 Å². The first-order valence-corrected chi connectivity index (χ1v) is 12.1. The minimum absolute atomic E-state index is 0.0245. The third kappa shape index (κ3) is 5.23. The van der Waals surface area contributed by atoms with E-state index in [2.05, 4.69) is 20.3 Å². The van der Waals surface area contributed by atoms with Crippen LogP contribution >= 0.6 is 0 Å². The highest BCUT2D eigenvalue weighted by Gasteiger charge is 2.36. The fraction of sp³-hybridized carbons (Fsp3) is 0.259. The second kappa shape index (κ2) is 10.5. The fourth-order valence-corrected chi connectivity index (χ4v) is 4.53. The minimum atomic E-state index is -4.82. The maximum atomic E-state index is 14.2. The third-order valence-electron chi connectivity index (χ3n) is 6.70. The lowest BCUT2D eigenvalue weighted by Gasteiger charge is -2.19. The highest BCUT2D eigenvalue weighted by atomic mass is 19.4. The van der Waals surface area contributed by atoms with Gasteiger partial charge in [-0.15, -0.1) is 0 Å². The minimum Gasteiger partial charge on any atom is -0.438 e. The molecule has 3 N–H and O–H groups in total. The van der Waals surface area contributed by atoms with Crippen LogP contribution in [-0.2, 0) is 10.9 Å². The van der Waals surface area contributed by atoms with Crippen LogP contribution in [0.3, 0.4) is 0 Å². The van der Waals surface area contributed by atoms with Crippen LogP contribution in [0.5, 0.6) is 11.6 Å². The Morgan fingerprint density at radius 2 is 1.90 bits per heavy atom. The van der Waals surface area contributed by atoms with Crippen LogP contribution in [0.15, 0.2) is 41.5 Å². The van der Waals surface area contributed by atoms with Crippen molar-refractivity contribution >= 4 is 16.8 Å². The van der Waals surface area contributed by atoms with E-state index in [0.29, 0.717) is 6.20 Å². The van der Waals surface area contributed by atoms with E-state index in [1.54, 1.807) is 0 Å². The van der Waals surface area contributed by atoms with Crippen molar-refractivity contribution in [1.82, 2.24) is 20.3 Å². The van der Waals surface area contributed by atoms with Crippen LogP contribution in [0.1, 0.15) is 27.2 Å². The zero-order valence-electron chi connectivity index (χ0n) is 21.4. The quantitative estimate of drug-likeness (QED) is 0.305. The van der Waals surface area contributed by atoms with Gasteiger partial charge in [0.2, 0.25) is 5.88 Å². The monoisotopic (exact) mass is 576 g/mol. The van der Waals surface area contributed by atoms with Crippen LogP contribution in [-0.4, -0.2) is 51.3 Å². The molecule has 0 aliphatic carbocycles. The highest BCUT2D eigenvalue weighted by Crippen LogP contribution is 2.41. The SMILES string of the molecule is Cc1c(Oc2ncc(C(F)(F)F)c(C)c2-c2cc(=O)c3c(C(=O)N[C@H]4COC[C@@H]4O)nccc3[nH]2)ccc(F)c1F. The van der Waals surface area contributed by atoms with Crippen LogP contribution in [0.4, 0.5) is 22.0 Å². The first-order valence-electron chi connectivity index (χ1n) is 12.1. The zero-order chi connectivity index (χ0) is 29.6. The second-order valence-electron chi connectivity index (χ2n) is 9.38. The van der Waals surface area contributed by atoms with Crippen molar-refractivity contribution in [2.24, 2.45) is 0 Å². The number of nitrogens with one attached hydrogen (secondary N) is 2. The smallest absolute Gasteiger partial charge is 0.418 e. The van der Waals surface area contributed by atoms with Crippen LogP contribution in [0.2, 0.25) is 0 Å². The van der Waals surface area contributed by atoms with Gasteiger partial charge in [0.25, 0.3) is 5.91 Å². The number of alkyl halides is 3. The van der Waals surface area contributed by atoms with Crippen molar-refractivity contribution in [2.45, 2.75) is 32.2 Å². The van der Waals surface area contributed by atoms with Crippen LogP contribution in [0.25, 0.3) is 22.2 Å². The molecule has 0 unspecified atom stereocenters. The molecule has 1 saturated heterocycles. The van der Waals surface area contributed by atoms with Crippen molar-refractivity contribution in [3.8, 4) is 22.9 Å². The number of hydrogen-bond donors (Lipinski definition) is 3. The van der Waals surface area contributed by atoms with Gasteiger partial charge in [-0.2, -0.15) is 13.2 Å². The number of aromatic nitrogens is 3. The number of fused-ring (bicyclic) bond motifs is 1. The van der Waals surface area contributed by atoms with E-state index in [1.807, 2.05) is 0 Å². The molecule has 1 fully saturated rings. The molecular formula is C27H21F5N4O5. The summed E-state index contributed by atoms with van der Waals surface area (Å²) in [4.78, 5) is 36.9. The lowest BCUT2D eigenvalue weighted by molar-refractivity contribution is -0.138. The standard InChI is InChI=1S/C27H21F5N4O5/c1-11-13(27(30,31)32)8-34-26(41-20-4-3-14(28)23(29)12(20)2)21(11)16-7-18(37)22-15(35-16)5-6-33-24(22)25(39)36-17-9-40-10-19(17)38/h3-8,17,19,38H,9-10H2,1-2H3,(H,35,37)(H,36,39)/t17-,19-/m0/s1. The number of hydrogen-bond acceptors (Lipinski definition) is 7. The number of pyridine rings is 3. The van der Waals surface area contributed by atoms with E-state index < -0.39 is 52.7 Å². The molecule has 41 heavy (non-hydrogen) atoms. The van der Waals surface area contributed by atoms with Crippen molar-refractivity contribution in [3.63, 3.8) is 0 Å². The summed E-state index contributed by atoms with van der Waals surface area (Å²) < 4.78 is 80.0. The van der Waals surface area contributed by atoms with Crippen LogP contribution < -0.4 is 15.5 Å². The Hall–Kier alpha value is -4.43. The van der Waals surface area contributed by atoms with Crippen LogP contribution in [0, 0.1) is 25.5 Å². The van der Waals surface area contributed by atoms with Gasteiger partial charge in [-0.3, -0.25) is 14.6 Å². The molecule has 2 atom stereocenters. The summed E-state index contributed by atoms with van der Waals surface area (Å²) in [5.74, 6) is -3.74. The summed E-state index contributed by atoms with van der Waals surface area (Å²) >= 11 is 0. The Morgan fingerprint density at radius 1 is 1.15 bits per heavy atom. The van der Waals surface area contributed by atoms with Gasteiger partial charge in [0.15, 0.2) is 17.1 Å². The Balaban J connectivity index is 1.65. The van der Waals surface area contributed by atoms with Gasteiger partial charge in [0.05, 0.1) is 53.1 Å². The Morgan fingerprint density at radius 3 is 2.59 bits per heavy atom. The molecule has 1 aliphatic heterocycles. The summed E-state index contributed by atoms with van der Waals surface area (Å²) in [6.45, 7) is 2.45. The Labute approximate surface area is 228 Å². The highest BCUT2D eigenvalue weighted by molar-refractivity contribution is 6.04. The molecule has 14 heteroatoms. The lowest BCUT2D eigenvalue weighted by atomic mass is 10.0. The summed E-state index contributed by atoms with van der Waals surface area (Å²) in [6, 6.07) is 3.47. The van der Waals surface area contributed by atoms with Crippen molar-refractivity contribution in [1.29, 1.82) is 0 Å². The molecule has 0 spiro atoms. The molecule has 0 saturated carbocycles. The molecule has 4 aromatic rings. The summed E-state index contributed by atoms with van der Waals surface area (Å²) in [5.41, 5.74) is -3.12. The van der Waals surface area contributed by atoms with Gasteiger partial charge < -0.3 is 24.9 Å². The van der Waals surface area contributed by atoms with Crippen molar-refractivity contribution in [2.75, 3.05) is 13.2 Å². The van der Waals surface area contributed by atoms with Gasteiger partial charge in [-0.05, 0) is 37.6 Å². The van der Waals surface area contributed by atoms with E-state index in [-0.39, 0.29) is 57.9 Å². The zero-order valence-corrected chi connectivity index (χ0v) is 21.4. The molecular weight excluding hydrogens is 555 g/mol. The average molecular weight is 576 g/mol. The average Bonchev–Trinajstić information content (AvgIpc) is 3.31. The first kappa shape index (κ1) is 28.1. The van der Waals surface area contributed by atoms with E-state index in [1.165, 1.54) is 19.2 Å². The van der Waals surface area contributed by atoms with Gasteiger partial charge in [0.1, 0.15) is 11.4 Å². The number of aliphatic hydroxyl groups is 1. The number of aromatic amines is 1. The van der Waals surface area contributed by atoms with E-state index in [9.17, 15) is 36.6 Å². The van der Waals surface area contributed by atoms with Gasteiger partial charge in [-0.1, -0.05) is 0 Å². The number of H-pyrrole nitrogens is 1. The van der Waals surface area contributed by atoms with Crippen molar-refractivity contribution in [3.05, 3.63) is 80.9 Å². The van der Waals surface area contributed by atoms with E-state index >= 15 is 0 Å². The third-order valence-corrected chi connectivity index (χ3v) is 6.70. The molecule has 4 heterocycles. The van der Waals surface area contributed by atoms with Gasteiger partial charge in [-0.25, -0.2) is 13.8 Å². The molecule has 9 nitrogen and oxygen atoms in total. The summed E-state index contributed by atoms with van der Waals surface area (Å²) in [7, 11) is 0. The number of rotatable bonds is 5. The first-order chi connectivity index (χ1) is 19.4.